The Morgan fingerprint density at radius 3 is 2.37 bits per heavy atom. The van der Waals surface area contributed by atoms with Gasteiger partial charge in [-0.05, 0) is 69.5 Å². The van der Waals surface area contributed by atoms with Gasteiger partial charge in [-0.1, -0.05) is 43.8 Å². The molecule has 188 valence electrons. The lowest BCUT2D eigenvalue weighted by Crippen LogP contribution is -2.52. The molecule has 1 N–H and O–H groups in total. The highest BCUT2D eigenvalue weighted by Crippen LogP contribution is 2.67. The summed E-state index contributed by atoms with van der Waals surface area (Å²) in [5, 5.41) is 10.4. The molecule has 3 rings (SSSR count). The second-order valence-electron chi connectivity index (χ2n) is 9.19. The molecule has 2 heterocycles. The van der Waals surface area contributed by atoms with Crippen molar-refractivity contribution in [2.45, 2.75) is 64.5 Å². The molecule has 0 bridgehead atoms. The number of aliphatic carboxylic acids is 1. The van der Waals surface area contributed by atoms with Crippen LogP contribution in [0.2, 0.25) is 0 Å². The Kier molecular flexibility index (Phi) is 8.14. The molecule has 35 heavy (non-hydrogen) atoms. The Hall–Kier alpha value is -1.83. The van der Waals surface area contributed by atoms with Gasteiger partial charge in [-0.2, -0.15) is 0 Å². The number of hydrogen-bond donors (Lipinski definition) is 1. The van der Waals surface area contributed by atoms with Crippen LogP contribution in [0.4, 0.5) is 5.69 Å². The molecular weight excluding hydrogens is 495 g/mol. The van der Waals surface area contributed by atoms with Crippen molar-refractivity contribution in [2.24, 2.45) is 0 Å². The monoisotopic (exact) mass is 529 g/mol. The van der Waals surface area contributed by atoms with E-state index in [2.05, 4.69) is 60.8 Å². The fraction of sp³-hybridized carbons (Fsp3) is 0.429. The lowest BCUT2D eigenvalue weighted by Gasteiger charge is -2.53. The van der Waals surface area contributed by atoms with Crippen LogP contribution in [-0.2, 0) is 9.59 Å². The molecular formula is C28H35NO3S3. The molecule has 1 aromatic rings. The molecule has 0 spiro atoms. The molecule has 2 unspecified atom stereocenters. The molecule has 0 aromatic heterocycles. The molecule has 0 fully saturated rings. The predicted octanol–water partition coefficient (Wildman–Crippen LogP) is 7.50. The number of allylic oxidation sites excluding steroid dienone is 1. The van der Waals surface area contributed by atoms with Crippen LogP contribution in [0.15, 0.2) is 46.3 Å². The first-order chi connectivity index (χ1) is 16.5. The van der Waals surface area contributed by atoms with Crippen molar-refractivity contribution < 1.29 is 14.7 Å². The van der Waals surface area contributed by atoms with Gasteiger partial charge in [0.25, 0.3) is 0 Å². The van der Waals surface area contributed by atoms with Crippen molar-refractivity contribution in [3.05, 3.63) is 68.5 Å². The Morgan fingerprint density at radius 1 is 1.23 bits per heavy atom. The van der Waals surface area contributed by atoms with E-state index in [-0.39, 0.29) is 0 Å². The van der Waals surface area contributed by atoms with Gasteiger partial charge in [0.15, 0.2) is 0 Å². The smallest absolute Gasteiger partial charge is 0.342 e. The molecule has 7 heteroatoms. The molecule has 2 aliphatic heterocycles. The minimum atomic E-state index is -0.960. The second-order valence-corrected chi connectivity index (χ2v) is 13.2. The fourth-order valence-corrected chi connectivity index (χ4v) is 10.1. The number of aryl methyl sites for hydroxylation is 1. The van der Waals surface area contributed by atoms with Crippen LogP contribution in [0, 0.1) is 20.8 Å². The first-order valence-electron chi connectivity index (χ1n) is 11.8. The SMILES string of the molecule is C=CCSC1(SCC)C(C(=C)C)=C(C(=O)O)SC2=C1c1cc(C)c(C)c(C)c1N(C=O)C2(C)CC. The van der Waals surface area contributed by atoms with Crippen LogP contribution in [-0.4, -0.2) is 38.6 Å². The number of carboxylic acids is 1. The summed E-state index contributed by atoms with van der Waals surface area (Å²) in [5.41, 5.74) is 7.25. The third-order valence-corrected chi connectivity index (χ3v) is 11.6. The number of benzene rings is 1. The fourth-order valence-electron chi connectivity index (χ4n) is 5.07. The quantitative estimate of drug-likeness (QED) is 0.203. The summed E-state index contributed by atoms with van der Waals surface area (Å²) >= 11 is 4.73. The van der Waals surface area contributed by atoms with E-state index in [1.54, 1.807) is 23.5 Å². The molecule has 1 aromatic carbocycles. The summed E-state index contributed by atoms with van der Waals surface area (Å²) in [7, 11) is 0. The molecule has 2 atom stereocenters. The third kappa shape index (κ3) is 4.13. The zero-order chi connectivity index (χ0) is 26.3. The Bertz CT molecular complexity index is 1180. The molecule has 4 nitrogen and oxygen atoms in total. The highest BCUT2D eigenvalue weighted by molar-refractivity contribution is 8.19. The van der Waals surface area contributed by atoms with Gasteiger partial charge in [-0.25, -0.2) is 4.79 Å². The number of amides is 1. The first-order valence-corrected chi connectivity index (χ1v) is 14.6. The summed E-state index contributed by atoms with van der Waals surface area (Å²) in [4.78, 5) is 28.5. The molecule has 0 radical (unpaired) electrons. The van der Waals surface area contributed by atoms with E-state index in [9.17, 15) is 14.7 Å². The van der Waals surface area contributed by atoms with Gasteiger partial charge in [0.1, 0.15) is 8.98 Å². The topological polar surface area (TPSA) is 57.6 Å². The molecule has 0 saturated carbocycles. The molecule has 2 aliphatic rings. The summed E-state index contributed by atoms with van der Waals surface area (Å²) in [6.45, 7) is 22.6. The van der Waals surface area contributed by atoms with Crippen molar-refractivity contribution >= 4 is 58.9 Å². The van der Waals surface area contributed by atoms with Gasteiger partial charge in [0, 0.05) is 27.4 Å². The number of carbonyl (C=O) groups is 2. The zero-order valence-corrected chi connectivity index (χ0v) is 24.2. The van der Waals surface area contributed by atoms with Crippen LogP contribution in [0.5, 0.6) is 0 Å². The highest BCUT2D eigenvalue weighted by Gasteiger charge is 2.55. The van der Waals surface area contributed by atoms with E-state index in [4.69, 9.17) is 0 Å². The lowest BCUT2D eigenvalue weighted by atomic mass is 9.78. The van der Waals surface area contributed by atoms with Crippen LogP contribution in [0.25, 0.3) is 5.57 Å². The number of carboxylic acid groups (broad SMARTS) is 1. The van der Waals surface area contributed by atoms with E-state index in [0.717, 1.165) is 61.7 Å². The van der Waals surface area contributed by atoms with Crippen molar-refractivity contribution in [1.29, 1.82) is 0 Å². The van der Waals surface area contributed by atoms with E-state index >= 15 is 0 Å². The van der Waals surface area contributed by atoms with Gasteiger partial charge < -0.3 is 10.0 Å². The van der Waals surface area contributed by atoms with E-state index in [1.807, 2.05) is 17.9 Å². The minimum Gasteiger partial charge on any atom is -0.477 e. The van der Waals surface area contributed by atoms with Crippen LogP contribution in [0.1, 0.15) is 56.4 Å². The lowest BCUT2D eigenvalue weighted by molar-refractivity contribution is -0.131. The maximum Gasteiger partial charge on any atom is 0.342 e. The Labute approximate surface area is 222 Å². The summed E-state index contributed by atoms with van der Waals surface area (Å²) < 4.78 is -0.697. The van der Waals surface area contributed by atoms with E-state index in [0.29, 0.717) is 17.1 Å². The average Bonchev–Trinajstić information content (AvgIpc) is 2.81. The van der Waals surface area contributed by atoms with Gasteiger partial charge >= 0.3 is 5.97 Å². The largest absolute Gasteiger partial charge is 0.477 e. The zero-order valence-electron chi connectivity index (χ0n) is 21.7. The summed E-state index contributed by atoms with van der Waals surface area (Å²) in [6, 6.07) is 2.18. The molecule has 0 aliphatic carbocycles. The average molecular weight is 530 g/mol. The summed E-state index contributed by atoms with van der Waals surface area (Å²) in [5.74, 6) is 0.477. The second kappa shape index (κ2) is 10.3. The number of fused-ring (bicyclic) bond motifs is 2. The van der Waals surface area contributed by atoms with Crippen LogP contribution >= 0.6 is 35.3 Å². The molecule has 0 saturated heterocycles. The maximum absolute atomic E-state index is 12.7. The number of rotatable bonds is 9. The predicted molar refractivity (Wildman–Crippen MR) is 155 cm³/mol. The van der Waals surface area contributed by atoms with Crippen molar-refractivity contribution in [3.63, 3.8) is 0 Å². The van der Waals surface area contributed by atoms with Gasteiger partial charge in [-0.15, -0.1) is 30.1 Å². The number of carbonyl (C=O) groups excluding carboxylic acids is 1. The number of thioether (sulfide) groups is 3. The first kappa shape index (κ1) is 27.8. The minimum absolute atomic E-state index is 0.295. The van der Waals surface area contributed by atoms with Crippen molar-refractivity contribution in [1.82, 2.24) is 0 Å². The Balaban J connectivity index is 2.63. The van der Waals surface area contributed by atoms with Gasteiger partial charge in [0.2, 0.25) is 6.41 Å². The molecule has 1 amide bonds. The van der Waals surface area contributed by atoms with Crippen LogP contribution in [0.3, 0.4) is 0 Å². The van der Waals surface area contributed by atoms with Crippen molar-refractivity contribution in [3.8, 4) is 0 Å². The van der Waals surface area contributed by atoms with Crippen molar-refractivity contribution in [2.75, 3.05) is 16.4 Å². The standard InChI is InChI=1S/C28H35NO3S3/c1-10-13-34-28(33-12-3)21(16(4)5)24(26(31)32)35-25-22(28)20-14-17(6)18(7)19(8)23(20)29(15-30)27(25,9)11-2/h10,14-15H,1,4,11-13H2,2-3,5-9H3,(H,31,32). The third-order valence-electron chi connectivity index (χ3n) is 7.14. The van der Waals surface area contributed by atoms with Gasteiger partial charge in [0.05, 0.1) is 11.2 Å². The van der Waals surface area contributed by atoms with E-state index < -0.39 is 15.6 Å². The Morgan fingerprint density at radius 2 is 1.89 bits per heavy atom. The normalized spacial score (nSPS) is 23.7. The van der Waals surface area contributed by atoms with E-state index in [1.165, 1.54) is 11.8 Å². The number of hydrogen-bond acceptors (Lipinski definition) is 5. The maximum atomic E-state index is 12.7. The number of anilines is 1. The van der Waals surface area contributed by atoms with Gasteiger partial charge in [-0.3, -0.25) is 4.79 Å². The number of nitrogens with zero attached hydrogens (tertiary/aromatic N) is 1. The summed E-state index contributed by atoms with van der Waals surface area (Å²) in [6.07, 6.45) is 3.43. The van der Waals surface area contributed by atoms with Crippen LogP contribution < -0.4 is 4.90 Å². The highest BCUT2D eigenvalue weighted by atomic mass is 32.2.